The van der Waals surface area contributed by atoms with E-state index in [4.69, 9.17) is 9.47 Å². The van der Waals surface area contributed by atoms with Crippen molar-refractivity contribution in [1.82, 2.24) is 31.5 Å². The van der Waals surface area contributed by atoms with Crippen LogP contribution in [-0.4, -0.2) is 103 Å². The first-order chi connectivity index (χ1) is 24.6. The van der Waals surface area contributed by atoms with Gasteiger partial charge in [-0.3, -0.25) is 28.8 Å². The van der Waals surface area contributed by atoms with E-state index < -0.39 is 47.3 Å². The highest BCUT2D eigenvalue weighted by Gasteiger charge is 2.51. The maximum Gasteiger partial charge on any atom is 0.248 e. The van der Waals surface area contributed by atoms with Gasteiger partial charge in [0.25, 0.3) is 0 Å². The van der Waals surface area contributed by atoms with E-state index in [0.717, 1.165) is 11.1 Å². The monoisotopic (exact) mass is 704 g/mol. The zero-order chi connectivity index (χ0) is 36.4. The first-order valence-corrected chi connectivity index (χ1v) is 17.7. The van der Waals surface area contributed by atoms with E-state index in [0.29, 0.717) is 51.1 Å². The Morgan fingerprint density at radius 1 is 0.941 bits per heavy atom. The Morgan fingerprint density at radius 2 is 1.65 bits per heavy atom. The lowest BCUT2D eigenvalue weighted by Gasteiger charge is -2.32. The van der Waals surface area contributed by atoms with E-state index in [1.165, 1.54) is 6.92 Å². The Morgan fingerprint density at radius 3 is 2.31 bits per heavy atom. The molecule has 3 aliphatic heterocycles. The van der Waals surface area contributed by atoms with Gasteiger partial charge in [0.2, 0.25) is 35.4 Å². The largest absolute Gasteiger partial charge is 0.492 e. The molecule has 6 rings (SSSR count). The van der Waals surface area contributed by atoms with Crippen LogP contribution < -0.4 is 31.3 Å². The molecule has 1 saturated heterocycles. The zero-order valence-electron chi connectivity index (χ0n) is 29.2. The Labute approximate surface area is 297 Å². The minimum absolute atomic E-state index is 0.000214. The molecule has 274 valence electrons. The van der Waals surface area contributed by atoms with Crippen LogP contribution in [0.3, 0.4) is 0 Å². The number of nitrogens with zero attached hydrogens (tertiary/aromatic N) is 1. The molecule has 14 nitrogen and oxygen atoms in total. The predicted molar refractivity (Wildman–Crippen MR) is 186 cm³/mol. The van der Waals surface area contributed by atoms with Crippen LogP contribution in [0.2, 0.25) is 0 Å². The number of benzene rings is 2. The number of amides is 6. The molecule has 4 aliphatic rings. The van der Waals surface area contributed by atoms with Gasteiger partial charge in [-0.2, -0.15) is 0 Å². The molecule has 2 fully saturated rings. The van der Waals surface area contributed by atoms with Gasteiger partial charge in [0.05, 0.1) is 6.54 Å². The van der Waals surface area contributed by atoms with Gasteiger partial charge >= 0.3 is 0 Å². The SMILES string of the molecule is CCOCC(=O)N1CCC(C(=O)N[C@H]2Cc3ccc(cc3)OCCNC(=O)C3(CC3)NC(=O)[C@@H](Cc3ccccc3)NC(=O)[C@H](C)NC2=O)CC1. The molecule has 0 aromatic heterocycles. The van der Waals surface area contributed by atoms with Crippen molar-refractivity contribution in [3.05, 3.63) is 65.7 Å². The highest BCUT2D eigenvalue weighted by molar-refractivity contribution is 5.98. The maximum absolute atomic E-state index is 13.8. The molecule has 14 heteroatoms. The Bertz CT molecular complexity index is 1560. The molecular formula is C37H48N6O8. The van der Waals surface area contributed by atoms with E-state index in [-0.39, 0.29) is 50.3 Å². The third-order valence-electron chi connectivity index (χ3n) is 9.52. The van der Waals surface area contributed by atoms with Crippen LogP contribution in [0, 0.1) is 5.92 Å². The lowest BCUT2D eigenvalue weighted by Crippen LogP contribution is -2.59. The van der Waals surface area contributed by atoms with Crippen LogP contribution in [0.25, 0.3) is 0 Å². The van der Waals surface area contributed by atoms with Crippen LogP contribution in [0.1, 0.15) is 50.7 Å². The summed E-state index contributed by atoms with van der Waals surface area (Å²) in [6.45, 7) is 4.98. The number of hydrogen-bond donors (Lipinski definition) is 5. The highest BCUT2D eigenvalue weighted by atomic mass is 16.5. The second-order valence-electron chi connectivity index (χ2n) is 13.4. The van der Waals surface area contributed by atoms with E-state index in [9.17, 15) is 28.8 Å². The second kappa shape index (κ2) is 17.3. The van der Waals surface area contributed by atoms with Crippen LogP contribution in [0.15, 0.2) is 54.6 Å². The third kappa shape index (κ3) is 10.3. The van der Waals surface area contributed by atoms with Crippen molar-refractivity contribution in [3.8, 4) is 5.75 Å². The van der Waals surface area contributed by atoms with E-state index in [1.807, 2.05) is 37.3 Å². The molecular weight excluding hydrogens is 656 g/mol. The van der Waals surface area contributed by atoms with Crippen molar-refractivity contribution in [2.75, 3.05) is 39.5 Å². The summed E-state index contributed by atoms with van der Waals surface area (Å²) in [5, 5.41) is 14.1. The van der Waals surface area contributed by atoms with Crippen molar-refractivity contribution in [3.63, 3.8) is 0 Å². The number of hydrogen-bond acceptors (Lipinski definition) is 8. The number of likely N-dealkylation sites (tertiary alicyclic amines) is 1. The Kier molecular flexibility index (Phi) is 12.6. The maximum atomic E-state index is 13.8. The molecule has 5 N–H and O–H groups in total. The van der Waals surface area contributed by atoms with Crippen molar-refractivity contribution in [2.45, 2.75) is 76.0 Å². The standard InChI is InChI=1S/C37H48N6O8/c1-3-50-23-31(44)43-18-13-27(14-19-43)33(46)41-29-22-26-9-11-28(12-10-26)51-20-17-38-36(49)37(15-16-37)42-35(48)30(21-25-7-5-4-6-8-25)40-32(45)24(2)39-34(29)47/h4-12,24,27,29-30H,3,13-23H2,1-2H3,(H,38,49)(H,39,47)(H,40,45)(H,41,46)(H,42,48)/t24-,29-,30+/m0/s1. The fraction of sp³-hybridized carbons (Fsp3) is 0.514. The smallest absolute Gasteiger partial charge is 0.248 e. The number of ether oxygens (including phenoxy) is 2. The van der Waals surface area contributed by atoms with Crippen molar-refractivity contribution in [2.24, 2.45) is 5.92 Å². The van der Waals surface area contributed by atoms with Crippen molar-refractivity contribution < 1.29 is 38.2 Å². The summed E-state index contributed by atoms with van der Waals surface area (Å²) in [6.07, 6.45) is 2.10. The first kappa shape index (κ1) is 37.3. The molecule has 3 atom stereocenters. The topological polar surface area (TPSA) is 184 Å². The normalized spacial score (nSPS) is 23.3. The van der Waals surface area contributed by atoms with Gasteiger partial charge in [0.1, 0.15) is 42.6 Å². The molecule has 1 spiro atoms. The van der Waals surface area contributed by atoms with E-state index in [1.54, 1.807) is 29.2 Å². The van der Waals surface area contributed by atoms with Gasteiger partial charge < -0.3 is 41.0 Å². The van der Waals surface area contributed by atoms with Crippen LogP contribution in [0.5, 0.6) is 5.75 Å². The number of fused-ring (bicyclic) bond motifs is 15. The summed E-state index contributed by atoms with van der Waals surface area (Å²) >= 11 is 0. The summed E-state index contributed by atoms with van der Waals surface area (Å²) in [6, 6.07) is 13.1. The second-order valence-corrected chi connectivity index (χ2v) is 13.4. The molecule has 51 heavy (non-hydrogen) atoms. The molecule has 2 bridgehead atoms. The minimum atomic E-state index is -1.07. The van der Waals surface area contributed by atoms with Gasteiger partial charge in [0.15, 0.2) is 0 Å². The number of piperidine rings is 1. The zero-order valence-corrected chi connectivity index (χ0v) is 29.2. The number of carbonyl (C=O) groups excluding carboxylic acids is 6. The summed E-state index contributed by atoms with van der Waals surface area (Å²) in [5.41, 5.74) is 0.475. The molecule has 1 saturated carbocycles. The van der Waals surface area contributed by atoms with Crippen molar-refractivity contribution >= 4 is 35.4 Å². The summed E-state index contributed by atoms with van der Waals surface area (Å²) in [7, 11) is 0. The molecule has 1 aliphatic carbocycles. The first-order valence-electron chi connectivity index (χ1n) is 17.7. The van der Waals surface area contributed by atoms with E-state index >= 15 is 0 Å². The average molecular weight is 705 g/mol. The van der Waals surface area contributed by atoms with Crippen molar-refractivity contribution in [1.29, 1.82) is 0 Å². The lowest BCUT2D eigenvalue weighted by atomic mass is 9.94. The number of rotatable bonds is 7. The van der Waals surface area contributed by atoms with Gasteiger partial charge in [-0.05, 0) is 62.8 Å². The average Bonchev–Trinajstić information content (AvgIpc) is 3.92. The molecule has 2 aromatic rings. The summed E-state index contributed by atoms with van der Waals surface area (Å²) < 4.78 is 11.0. The van der Waals surface area contributed by atoms with Crippen LogP contribution in [0.4, 0.5) is 0 Å². The molecule has 0 unspecified atom stereocenters. The van der Waals surface area contributed by atoms with Crippen LogP contribution >= 0.6 is 0 Å². The molecule has 0 radical (unpaired) electrons. The summed E-state index contributed by atoms with van der Waals surface area (Å²) in [4.78, 5) is 81.5. The Hall–Kier alpha value is -4.98. The van der Waals surface area contributed by atoms with Gasteiger partial charge in [-0.15, -0.1) is 0 Å². The highest BCUT2D eigenvalue weighted by Crippen LogP contribution is 2.35. The summed E-state index contributed by atoms with van der Waals surface area (Å²) in [5.74, 6) is -2.27. The number of nitrogens with one attached hydrogen (secondary N) is 5. The minimum Gasteiger partial charge on any atom is -0.492 e. The van der Waals surface area contributed by atoms with E-state index in [2.05, 4.69) is 26.6 Å². The Balaban J connectivity index is 1.32. The predicted octanol–water partition coefficient (Wildman–Crippen LogP) is 0.379. The molecule has 2 aromatic carbocycles. The third-order valence-corrected chi connectivity index (χ3v) is 9.52. The van der Waals surface area contributed by atoms with Gasteiger partial charge in [0, 0.05) is 38.5 Å². The molecule has 3 heterocycles. The fourth-order valence-electron chi connectivity index (χ4n) is 6.22. The quantitative estimate of drug-likeness (QED) is 0.256. The molecule has 6 amide bonds. The fourth-order valence-corrected chi connectivity index (χ4v) is 6.22. The lowest BCUT2D eigenvalue weighted by molar-refractivity contribution is -0.140. The number of carbonyl (C=O) groups is 6. The van der Waals surface area contributed by atoms with Crippen LogP contribution in [-0.2, 0) is 46.3 Å². The van der Waals surface area contributed by atoms with Gasteiger partial charge in [-0.25, -0.2) is 0 Å². The van der Waals surface area contributed by atoms with Gasteiger partial charge in [-0.1, -0.05) is 42.5 Å².